The molecule has 0 bridgehead atoms. The number of rotatable bonds is 3. The van der Waals surface area contributed by atoms with E-state index in [0.29, 0.717) is 26.0 Å². The van der Waals surface area contributed by atoms with Crippen LogP contribution >= 0.6 is 31.9 Å². The minimum atomic E-state index is -0.527. The molecule has 0 fully saturated rings. The second-order valence-electron chi connectivity index (χ2n) is 3.72. The van der Waals surface area contributed by atoms with Crippen LogP contribution in [-0.2, 0) is 0 Å². The van der Waals surface area contributed by atoms with Gasteiger partial charge in [-0.05, 0) is 46.3 Å². The van der Waals surface area contributed by atoms with Gasteiger partial charge in [-0.1, -0.05) is 15.9 Å². The summed E-state index contributed by atoms with van der Waals surface area (Å²) < 4.78 is 19.9. The monoisotopic (exact) mass is 387 g/mol. The van der Waals surface area contributed by atoms with E-state index < -0.39 is 11.7 Å². The molecule has 0 spiro atoms. The molecule has 0 unspecified atom stereocenters. The van der Waals surface area contributed by atoms with Gasteiger partial charge >= 0.3 is 0 Å². The predicted octanol–water partition coefficient (Wildman–Crippen LogP) is 4.24. The third-order valence-electron chi connectivity index (χ3n) is 2.28. The number of ether oxygens (including phenoxy) is 1. The average Bonchev–Trinajstić information content (AvgIpc) is 2.30. The number of primary amides is 1. The van der Waals surface area contributed by atoms with E-state index in [2.05, 4.69) is 31.9 Å². The lowest BCUT2D eigenvalue weighted by Crippen LogP contribution is -2.10. The molecular weight excluding hydrogens is 381 g/mol. The first-order valence-corrected chi connectivity index (χ1v) is 6.77. The molecule has 0 aliphatic heterocycles. The summed E-state index contributed by atoms with van der Waals surface area (Å²) >= 11 is 6.45. The summed E-state index contributed by atoms with van der Waals surface area (Å²) in [5.41, 5.74) is 5.53. The first kappa shape index (κ1) is 14.0. The molecule has 0 aliphatic rings. The Balaban J connectivity index is 2.30. The van der Waals surface area contributed by atoms with Crippen LogP contribution in [0.3, 0.4) is 0 Å². The van der Waals surface area contributed by atoms with E-state index in [9.17, 15) is 9.18 Å². The van der Waals surface area contributed by atoms with Crippen molar-refractivity contribution in [2.24, 2.45) is 5.73 Å². The van der Waals surface area contributed by atoms with E-state index in [1.54, 1.807) is 18.2 Å². The van der Waals surface area contributed by atoms with Crippen LogP contribution < -0.4 is 10.5 Å². The van der Waals surface area contributed by atoms with E-state index >= 15 is 0 Å². The number of halogens is 3. The van der Waals surface area contributed by atoms with E-state index in [0.717, 1.165) is 0 Å². The molecule has 0 saturated carbocycles. The Morgan fingerprint density at radius 3 is 2.47 bits per heavy atom. The molecule has 2 N–H and O–H groups in total. The van der Waals surface area contributed by atoms with Gasteiger partial charge in [0.05, 0.1) is 4.47 Å². The van der Waals surface area contributed by atoms with Crippen LogP contribution in [0.4, 0.5) is 4.39 Å². The summed E-state index contributed by atoms with van der Waals surface area (Å²) in [4.78, 5) is 11.0. The lowest BCUT2D eigenvalue weighted by Gasteiger charge is -2.09. The van der Waals surface area contributed by atoms with Gasteiger partial charge in [0.1, 0.15) is 17.3 Å². The summed E-state index contributed by atoms with van der Waals surface area (Å²) in [6, 6.07) is 8.90. The Morgan fingerprint density at radius 1 is 1.16 bits per heavy atom. The molecule has 0 heterocycles. The van der Waals surface area contributed by atoms with Crippen molar-refractivity contribution in [3.8, 4) is 11.5 Å². The smallest absolute Gasteiger partial charge is 0.248 e. The van der Waals surface area contributed by atoms with Gasteiger partial charge in [-0.3, -0.25) is 4.79 Å². The molecule has 3 nitrogen and oxygen atoms in total. The molecule has 6 heteroatoms. The van der Waals surface area contributed by atoms with Gasteiger partial charge < -0.3 is 10.5 Å². The molecule has 98 valence electrons. The fraction of sp³-hybridized carbons (Fsp3) is 0. The van der Waals surface area contributed by atoms with E-state index in [1.807, 2.05) is 0 Å². The highest BCUT2D eigenvalue weighted by molar-refractivity contribution is 9.10. The van der Waals surface area contributed by atoms with E-state index in [-0.39, 0.29) is 0 Å². The normalized spacial score (nSPS) is 10.3. The molecule has 0 atom stereocenters. The zero-order valence-electron chi connectivity index (χ0n) is 9.49. The van der Waals surface area contributed by atoms with Gasteiger partial charge in [0.15, 0.2) is 0 Å². The van der Waals surface area contributed by atoms with Crippen molar-refractivity contribution in [2.45, 2.75) is 0 Å². The standard InChI is InChI=1S/C13H8Br2FNO2/c14-8-4-9(16)6-10(5-8)19-12-2-1-7(13(17)18)3-11(12)15/h1-6H,(H2,17,18). The molecule has 0 aromatic heterocycles. The van der Waals surface area contributed by atoms with Gasteiger partial charge in [-0.25, -0.2) is 4.39 Å². The van der Waals surface area contributed by atoms with Crippen molar-refractivity contribution in [2.75, 3.05) is 0 Å². The first-order valence-electron chi connectivity index (χ1n) is 5.19. The van der Waals surface area contributed by atoms with Gasteiger partial charge in [0.2, 0.25) is 5.91 Å². The Labute approximate surface area is 125 Å². The largest absolute Gasteiger partial charge is 0.456 e. The molecule has 2 rings (SSSR count). The van der Waals surface area contributed by atoms with Crippen molar-refractivity contribution in [1.29, 1.82) is 0 Å². The van der Waals surface area contributed by atoms with Crippen molar-refractivity contribution in [3.63, 3.8) is 0 Å². The Kier molecular flexibility index (Phi) is 4.21. The maximum Gasteiger partial charge on any atom is 0.248 e. The predicted molar refractivity (Wildman–Crippen MR) is 76.8 cm³/mol. The van der Waals surface area contributed by atoms with Crippen molar-refractivity contribution in [1.82, 2.24) is 0 Å². The van der Waals surface area contributed by atoms with Gasteiger partial charge in [0, 0.05) is 16.1 Å². The molecule has 2 aromatic rings. The SMILES string of the molecule is NC(=O)c1ccc(Oc2cc(F)cc(Br)c2)c(Br)c1. The third kappa shape index (κ3) is 3.54. The first-order chi connectivity index (χ1) is 8.95. The number of benzene rings is 2. The molecular formula is C13H8Br2FNO2. The summed E-state index contributed by atoms with van der Waals surface area (Å²) in [6.45, 7) is 0. The van der Waals surface area contributed by atoms with Gasteiger partial charge in [-0.15, -0.1) is 0 Å². The molecule has 2 aromatic carbocycles. The number of amides is 1. The fourth-order valence-corrected chi connectivity index (χ4v) is 2.36. The highest BCUT2D eigenvalue weighted by Gasteiger charge is 2.08. The van der Waals surface area contributed by atoms with Crippen LogP contribution in [0.25, 0.3) is 0 Å². The van der Waals surface area contributed by atoms with Crippen molar-refractivity contribution in [3.05, 3.63) is 56.7 Å². The Hall–Kier alpha value is -1.40. The van der Waals surface area contributed by atoms with Crippen LogP contribution in [0.2, 0.25) is 0 Å². The minimum Gasteiger partial charge on any atom is -0.456 e. The number of carbonyl (C=O) groups is 1. The molecule has 0 aliphatic carbocycles. The van der Waals surface area contributed by atoms with Crippen LogP contribution in [-0.4, -0.2) is 5.91 Å². The number of carbonyl (C=O) groups excluding carboxylic acids is 1. The van der Waals surface area contributed by atoms with Crippen LogP contribution in [0, 0.1) is 5.82 Å². The lowest BCUT2D eigenvalue weighted by molar-refractivity contribution is 0.1000. The number of nitrogens with two attached hydrogens (primary N) is 1. The quantitative estimate of drug-likeness (QED) is 0.854. The van der Waals surface area contributed by atoms with Crippen LogP contribution in [0.5, 0.6) is 11.5 Å². The second kappa shape index (κ2) is 5.71. The van der Waals surface area contributed by atoms with Gasteiger partial charge in [-0.2, -0.15) is 0 Å². The highest BCUT2D eigenvalue weighted by atomic mass is 79.9. The highest BCUT2D eigenvalue weighted by Crippen LogP contribution is 2.32. The molecule has 0 radical (unpaired) electrons. The van der Waals surface area contributed by atoms with Crippen LogP contribution in [0.15, 0.2) is 45.3 Å². The van der Waals surface area contributed by atoms with E-state index in [4.69, 9.17) is 10.5 Å². The Bertz CT molecular complexity index is 626. The summed E-state index contributed by atoms with van der Waals surface area (Å²) in [5, 5.41) is 0. The summed E-state index contributed by atoms with van der Waals surface area (Å²) in [5.74, 6) is -0.128. The average molecular weight is 389 g/mol. The maximum atomic E-state index is 13.2. The zero-order valence-corrected chi connectivity index (χ0v) is 12.7. The maximum absolute atomic E-state index is 13.2. The fourth-order valence-electron chi connectivity index (χ4n) is 1.45. The number of hydrogen-bond donors (Lipinski definition) is 1. The zero-order chi connectivity index (χ0) is 14.0. The topological polar surface area (TPSA) is 52.3 Å². The van der Waals surface area contributed by atoms with Crippen molar-refractivity contribution >= 4 is 37.8 Å². The summed E-state index contributed by atoms with van der Waals surface area (Å²) in [7, 11) is 0. The molecule has 1 amide bonds. The lowest BCUT2D eigenvalue weighted by atomic mass is 10.2. The Morgan fingerprint density at radius 2 is 1.89 bits per heavy atom. The van der Waals surface area contributed by atoms with E-state index in [1.165, 1.54) is 18.2 Å². The molecule has 19 heavy (non-hydrogen) atoms. The molecule has 0 saturated heterocycles. The number of hydrogen-bond acceptors (Lipinski definition) is 2. The van der Waals surface area contributed by atoms with Gasteiger partial charge in [0.25, 0.3) is 0 Å². The van der Waals surface area contributed by atoms with Crippen LogP contribution in [0.1, 0.15) is 10.4 Å². The second-order valence-corrected chi connectivity index (χ2v) is 5.49. The minimum absolute atomic E-state index is 0.347. The van der Waals surface area contributed by atoms with Crippen molar-refractivity contribution < 1.29 is 13.9 Å². The summed E-state index contributed by atoms with van der Waals surface area (Å²) in [6.07, 6.45) is 0. The third-order valence-corrected chi connectivity index (χ3v) is 3.36.